The van der Waals surface area contributed by atoms with Crippen molar-refractivity contribution >= 4 is 39.7 Å². The van der Waals surface area contributed by atoms with E-state index in [2.05, 4.69) is 26.5 Å². The summed E-state index contributed by atoms with van der Waals surface area (Å²) in [5, 5.41) is 4.75. The second-order valence-corrected chi connectivity index (χ2v) is 7.91. The van der Waals surface area contributed by atoms with Crippen molar-refractivity contribution in [2.24, 2.45) is 5.10 Å². The Kier molecular flexibility index (Phi) is 8.50. The van der Waals surface area contributed by atoms with E-state index in [4.69, 9.17) is 21.1 Å². The van der Waals surface area contributed by atoms with Gasteiger partial charge in [-0.3, -0.25) is 4.79 Å². The van der Waals surface area contributed by atoms with Gasteiger partial charge in [-0.1, -0.05) is 54.1 Å². The van der Waals surface area contributed by atoms with Crippen molar-refractivity contribution in [2.45, 2.75) is 20.0 Å². The van der Waals surface area contributed by atoms with Crippen LogP contribution >= 0.6 is 27.5 Å². The number of hydrogen-bond acceptors (Lipinski definition) is 4. The lowest BCUT2D eigenvalue weighted by Crippen LogP contribution is -2.19. The third-order valence-electron chi connectivity index (χ3n) is 4.27. The fraction of sp³-hybridized carbons (Fsp3) is 0.167. The Labute approximate surface area is 195 Å². The zero-order chi connectivity index (χ0) is 22.1. The van der Waals surface area contributed by atoms with E-state index in [0.717, 1.165) is 21.2 Å². The zero-order valence-corrected chi connectivity index (χ0v) is 19.3. The highest BCUT2D eigenvalue weighted by molar-refractivity contribution is 9.10. The first-order chi connectivity index (χ1) is 15.0. The largest absolute Gasteiger partial charge is 0.490 e. The molecular weight excluding hydrogens is 480 g/mol. The minimum atomic E-state index is -0.188. The molecule has 0 saturated heterocycles. The fourth-order valence-corrected chi connectivity index (χ4v) is 3.32. The molecule has 0 fully saturated rings. The van der Waals surface area contributed by atoms with E-state index in [1.165, 1.54) is 0 Å². The van der Waals surface area contributed by atoms with Crippen molar-refractivity contribution in [3.05, 3.63) is 92.9 Å². The van der Waals surface area contributed by atoms with Crippen molar-refractivity contribution < 1.29 is 14.3 Å². The Bertz CT molecular complexity index is 1040. The van der Waals surface area contributed by atoms with Crippen molar-refractivity contribution in [2.75, 3.05) is 6.61 Å². The summed E-state index contributed by atoms with van der Waals surface area (Å²) < 4.78 is 12.4. The molecule has 1 N–H and O–H groups in total. The Morgan fingerprint density at radius 3 is 2.45 bits per heavy atom. The van der Waals surface area contributed by atoms with Gasteiger partial charge in [0.1, 0.15) is 6.61 Å². The molecule has 0 aliphatic carbocycles. The highest BCUT2D eigenvalue weighted by atomic mass is 79.9. The van der Waals surface area contributed by atoms with E-state index in [9.17, 15) is 4.79 Å². The number of rotatable bonds is 9. The summed E-state index contributed by atoms with van der Waals surface area (Å²) in [6.45, 7) is 2.78. The fourth-order valence-electron chi connectivity index (χ4n) is 2.77. The molecule has 0 aromatic heterocycles. The first-order valence-electron chi connectivity index (χ1n) is 9.74. The second kappa shape index (κ2) is 11.5. The Morgan fingerprint density at radius 2 is 1.74 bits per heavy atom. The number of benzene rings is 3. The van der Waals surface area contributed by atoms with Crippen LogP contribution in [-0.4, -0.2) is 18.7 Å². The van der Waals surface area contributed by atoms with Gasteiger partial charge in [0.15, 0.2) is 11.5 Å². The normalized spacial score (nSPS) is 10.8. The van der Waals surface area contributed by atoms with Crippen LogP contribution in [0.1, 0.15) is 23.6 Å². The number of nitrogens with zero attached hydrogens (tertiary/aromatic N) is 1. The number of ether oxygens (including phenoxy) is 2. The summed E-state index contributed by atoms with van der Waals surface area (Å²) in [6.07, 6.45) is 1.83. The van der Waals surface area contributed by atoms with E-state index >= 15 is 0 Å². The lowest BCUT2D eigenvalue weighted by molar-refractivity contribution is -0.120. The lowest BCUT2D eigenvalue weighted by Gasteiger charge is -2.14. The number of hydrazone groups is 1. The van der Waals surface area contributed by atoms with Gasteiger partial charge in [0, 0.05) is 15.1 Å². The number of halogens is 2. The van der Waals surface area contributed by atoms with Gasteiger partial charge in [-0.15, -0.1) is 0 Å². The van der Waals surface area contributed by atoms with Crippen LogP contribution < -0.4 is 14.9 Å². The standard InChI is InChI=1S/C24H22BrClN2O3/c1-2-30-22-13-19(15-27-28-24(29)12-17-6-4-3-5-7-17)21(25)14-23(22)31-16-18-8-10-20(26)11-9-18/h3-11,13-15H,2,12,16H2,1H3,(H,28,29)/b27-15+. The van der Waals surface area contributed by atoms with Crippen molar-refractivity contribution in [1.29, 1.82) is 0 Å². The Balaban J connectivity index is 1.66. The summed E-state index contributed by atoms with van der Waals surface area (Å²) in [7, 11) is 0. The molecule has 160 valence electrons. The molecule has 5 nitrogen and oxygen atoms in total. The first-order valence-corrected chi connectivity index (χ1v) is 10.9. The van der Waals surface area contributed by atoms with Crippen molar-refractivity contribution in [1.82, 2.24) is 5.43 Å². The Morgan fingerprint density at radius 1 is 1.03 bits per heavy atom. The zero-order valence-electron chi connectivity index (χ0n) is 17.0. The third-order valence-corrected chi connectivity index (χ3v) is 5.21. The molecule has 0 radical (unpaired) electrons. The highest BCUT2D eigenvalue weighted by Gasteiger charge is 2.11. The topological polar surface area (TPSA) is 59.9 Å². The summed E-state index contributed by atoms with van der Waals surface area (Å²) in [6, 6.07) is 20.6. The molecule has 0 aliphatic rings. The van der Waals surface area contributed by atoms with Gasteiger partial charge in [-0.05, 0) is 58.2 Å². The summed E-state index contributed by atoms with van der Waals surface area (Å²) >= 11 is 9.46. The average molecular weight is 502 g/mol. The molecule has 1 amide bonds. The summed E-state index contributed by atoms with van der Waals surface area (Å²) in [5.74, 6) is 1.01. The maximum absolute atomic E-state index is 12.1. The summed E-state index contributed by atoms with van der Waals surface area (Å²) in [4.78, 5) is 12.1. The van der Waals surface area contributed by atoms with E-state index < -0.39 is 0 Å². The minimum Gasteiger partial charge on any atom is -0.490 e. The van der Waals surface area contributed by atoms with Gasteiger partial charge < -0.3 is 9.47 Å². The van der Waals surface area contributed by atoms with Crippen molar-refractivity contribution in [3.8, 4) is 11.5 Å². The molecule has 0 unspecified atom stereocenters. The van der Waals surface area contributed by atoms with Gasteiger partial charge >= 0.3 is 0 Å². The van der Waals surface area contributed by atoms with Crippen LogP contribution in [0.5, 0.6) is 11.5 Å². The maximum Gasteiger partial charge on any atom is 0.244 e. The van der Waals surface area contributed by atoms with E-state index in [1.54, 1.807) is 6.21 Å². The third kappa shape index (κ3) is 7.12. The summed E-state index contributed by atoms with van der Waals surface area (Å²) in [5.41, 5.74) is 5.23. The first kappa shape index (κ1) is 22.8. The number of nitrogens with one attached hydrogen (secondary N) is 1. The van der Waals surface area contributed by atoms with Crippen LogP contribution in [-0.2, 0) is 17.8 Å². The minimum absolute atomic E-state index is 0.188. The molecule has 31 heavy (non-hydrogen) atoms. The molecule has 3 aromatic rings. The second-order valence-electron chi connectivity index (χ2n) is 6.62. The van der Waals surface area contributed by atoms with Crippen LogP contribution in [0.25, 0.3) is 0 Å². The molecule has 0 heterocycles. The average Bonchev–Trinajstić information content (AvgIpc) is 2.76. The van der Waals surface area contributed by atoms with Crippen LogP contribution in [0, 0.1) is 0 Å². The van der Waals surface area contributed by atoms with Gasteiger partial charge in [0.25, 0.3) is 0 Å². The van der Waals surface area contributed by atoms with Gasteiger partial charge in [0.2, 0.25) is 5.91 Å². The molecule has 3 rings (SSSR count). The van der Waals surface area contributed by atoms with E-state index in [1.807, 2.05) is 73.7 Å². The SMILES string of the molecule is CCOc1cc(/C=N/NC(=O)Cc2ccccc2)c(Br)cc1OCc1ccc(Cl)cc1. The van der Waals surface area contributed by atoms with Crippen LogP contribution in [0.3, 0.4) is 0 Å². The number of amides is 1. The van der Waals surface area contributed by atoms with Crippen LogP contribution in [0.15, 0.2) is 76.3 Å². The van der Waals surface area contributed by atoms with Crippen LogP contribution in [0.4, 0.5) is 0 Å². The smallest absolute Gasteiger partial charge is 0.244 e. The molecule has 0 spiro atoms. The highest BCUT2D eigenvalue weighted by Crippen LogP contribution is 2.34. The predicted molar refractivity (Wildman–Crippen MR) is 127 cm³/mol. The molecule has 3 aromatic carbocycles. The van der Waals surface area contributed by atoms with E-state index in [0.29, 0.717) is 29.7 Å². The Hall–Kier alpha value is -2.83. The number of hydrogen-bond donors (Lipinski definition) is 1. The quantitative estimate of drug-likeness (QED) is 0.299. The molecule has 7 heteroatoms. The maximum atomic E-state index is 12.1. The predicted octanol–water partition coefficient (Wildman–Crippen LogP) is 5.77. The van der Waals surface area contributed by atoms with Gasteiger partial charge in [-0.25, -0.2) is 5.43 Å². The number of carbonyl (C=O) groups excluding carboxylic acids is 1. The molecule has 0 saturated carbocycles. The molecular formula is C24H22BrClN2O3. The van der Waals surface area contributed by atoms with Gasteiger partial charge in [-0.2, -0.15) is 5.10 Å². The number of carbonyl (C=O) groups is 1. The van der Waals surface area contributed by atoms with Crippen LogP contribution in [0.2, 0.25) is 5.02 Å². The lowest BCUT2D eigenvalue weighted by atomic mass is 10.1. The van der Waals surface area contributed by atoms with Crippen molar-refractivity contribution in [3.63, 3.8) is 0 Å². The van der Waals surface area contributed by atoms with E-state index in [-0.39, 0.29) is 12.3 Å². The molecule has 0 aliphatic heterocycles. The molecule has 0 bridgehead atoms. The molecule has 0 atom stereocenters. The van der Waals surface area contributed by atoms with Gasteiger partial charge in [0.05, 0.1) is 19.2 Å². The monoisotopic (exact) mass is 500 g/mol.